The molecule has 0 atom stereocenters. The van der Waals surface area contributed by atoms with E-state index in [0.29, 0.717) is 35.1 Å². The van der Waals surface area contributed by atoms with Gasteiger partial charge >= 0.3 is 0 Å². The molecular weight excluding hydrogens is 380 g/mol. The molecule has 30 heavy (non-hydrogen) atoms. The highest BCUT2D eigenvalue weighted by molar-refractivity contribution is 6.03. The largest absolute Gasteiger partial charge is 0.497 e. The van der Waals surface area contributed by atoms with Gasteiger partial charge in [-0.15, -0.1) is 0 Å². The van der Waals surface area contributed by atoms with E-state index in [0.717, 1.165) is 11.1 Å². The van der Waals surface area contributed by atoms with Crippen LogP contribution < -0.4 is 19.6 Å². The number of nitrogens with one attached hydrogen (secondary N) is 1. The zero-order valence-corrected chi connectivity index (χ0v) is 17.2. The Morgan fingerprint density at radius 1 is 0.867 bits per heavy atom. The highest BCUT2D eigenvalue weighted by Gasteiger charge is 2.13. The second kappa shape index (κ2) is 10.1. The molecule has 0 aliphatic rings. The van der Waals surface area contributed by atoms with E-state index in [1.54, 1.807) is 45.4 Å². The maximum atomic E-state index is 12.7. The van der Waals surface area contributed by atoms with Crippen LogP contribution in [0, 0.1) is 0 Å². The summed E-state index contributed by atoms with van der Waals surface area (Å²) in [5.74, 6) is 1.42. The minimum atomic E-state index is -0.356. The standard InChI is InChI=1S/C24H24N2O4/c1-17(20-14-13-19(28-2)15-23(20)29-3)25-26-24(27)21-11-7-8-12-22(21)30-16-18-9-5-4-6-10-18/h4-15H,16H2,1-3H3,(H,26,27)/b25-17+. The molecule has 1 amide bonds. The van der Waals surface area contributed by atoms with Crippen LogP contribution >= 0.6 is 0 Å². The van der Waals surface area contributed by atoms with E-state index in [4.69, 9.17) is 14.2 Å². The molecule has 0 unspecified atom stereocenters. The van der Waals surface area contributed by atoms with Crippen molar-refractivity contribution in [3.05, 3.63) is 89.5 Å². The third-order valence-electron chi connectivity index (χ3n) is 4.49. The molecule has 0 heterocycles. The summed E-state index contributed by atoms with van der Waals surface area (Å²) in [5, 5.41) is 4.23. The third kappa shape index (κ3) is 5.17. The van der Waals surface area contributed by atoms with E-state index in [9.17, 15) is 4.79 Å². The first-order valence-electron chi connectivity index (χ1n) is 9.45. The first-order chi connectivity index (χ1) is 14.6. The van der Waals surface area contributed by atoms with Crippen molar-refractivity contribution in [2.24, 2.45) is 5.10 Å². The van der Waals surface area contributed by atoms with Crippen LogP contribution in [0.25, 0.3) is 0 Å². The van der Waals surface area contributed by atoms with Gasteiger partial charge in [0.05, 0.1) is 25.5 Å². The van der Waals surface area contributed by atoms with Gasteiger partial charge in [0.25, 0.3) is 5.91 Å². The van der Waals surface area contributed by atoms with Crippen molar-refractivity contribution in [2.45, 2.75) is 13.5 Å². The number of hydrogen-bond donors (Lipinski definition) is 1. The van der Waals surface area contributed by atoms with Gasteiger partial charge in [0, 0.05) is 11.6 Å². The molecule has 1 N–H and O–H groups in total. The van der Waals surface area contributed by atoms with E-state index in [1.165, 1.54) is 0 Å². The second-order valence-corrected chi connectivity index (χ2v) is 6.47. The van der Waals surface area contributed by atoms with Crippen molar-refractivity contribution in [3.63, 3.8) is 0 Å². The molecule has 0 saturated heterocycles. The van der Waals surface area contributed by atoms with E-state index < -0.39 is 0 Å². The lowest BCUT2D eigenvalue weighted by molar-refractivity contribution is 0.0950. The lowest BCUT2D eigenvalue weighted by Crippen LogP contribution is -2.20. The summed E-state index contributed by atoms with van der Waals surface area (Å²) in [5.41, 5.74) is 5.39. The Morgan fingerprint density at radius 2 is 1.60 bits per heavy atom. The monoisotopic (exact) mass is 404 g/mol. The van der Waals surface area contributed by atoms with Crippen LogP contribution in [-0.4, -0.2) is 25.8 Å². The predicted octanol–water partition coefficient (Wildman–Crippen LogP) is 4.44. The average Bonchev–Trinajstić information content (AvgIpc) is 2.81. The Hall–Kier alpha value is -3.80. The minimum Gasteiger partial charge on any atom is -0.497 e. The summed E-state index contributed by atoms with van der Waals surface area (Å²) in [7, 11) is 3.16. The number of carbonyl (C=O) groups excluding carboxylic acids is 1. The maximum absolute atomic E-state index is 12.7. The Bertz CT molecular complexity index is 1030. The van der Waals surface area contributed by atoms with Crippen molar-refractivity contribution in [3.8, 4) is 17.2 Å². The Kier molecular flexibility index (Phi) is 7.05. The zero-order chi connectivity index (χ0) is 21.3. The summed E-state index contributed by atoms with van der Waals surface area (Å²) in [6, 6.07) is 22.3. The Balaban J connectivity index is 1.73. The molecule has 6 nitrogen and oxygen atoms in total. The van der Waals surface area contributed by atoms with Gasteiger partial charge in [-0.2, -0.15) is 5.10 Å². The van der Waals surface area contributed by atoms with E-state index in [-0.39, 0.29) is 5.91 Å². The van der Waals surface area contributed by atoms with Gasteiger partial charge in [-0.05, 0) is 36.8 Å². The Labute approximate surface area is 176 Å². The number of benzene rings is 3. The summed E-state index contributed by atoms with van der Waals surface area (Å²) < 4.78 is 16.5. The molecule has 0 aliphatic heterocycles. The number of methoxy groups -OCH3 is 2. The summed E-state index contributed by atoms with van der Waals surface area (Å²) in [4.78, 5) is 12.7. The van der Waals surface area contributed by atoms with Crippen LogP contribution in [0.1, 0.15) is 28.4 Å². The van der Waals surface area contributed by atoms with Gasteiger partial charge < -0.3 is 14.2 Å². The van der Waals surface area contributed by atoms with Gasteiger partial charge in [-0.3, -0.25) is 4.79 Å². The first kappa shape index (κ1) is 20.9. The number of rotatable bonds is 8. The van der Waals surface area contributed by atoms with Crippen molar-refractivity contribution >= 4 is 11.6 Å². The zero-order valence-electron chi connectivity index (χ0n) is 17.2. The summed E-state index contributed by atoms with van der Waals surface area (Å²) in [6.45, 7) is 2.17. The predicted molar refractivity (Wildman–Crippen MR) is 116 cm³/mol. The molecule has 6 heteroatoms. The number of para-hydroxylation sites is 1. The van der Waals surface area contributed by atoms with Gasteiger partial charge in [0.15, 0.2) is 0 Å². The summed E-state index contributed by atoms with van der Waals surface area (Å²) in [6.07, 6.45) is 0. The fourth-order valence-electron chi connectivity index (χ4n) is 2.87. The SMILES string of the molecule is COc1ccc(/C(C)=N/NC(=O)c2ccccc2OCc2ccccc2)c(OC)c1. The smallest absolute Gasteiger partial charge is 0.275 e. The van der Waals surface area contributed by atoms with Gasteiger partial charge in [0.1, 0.15) is 23.9 Å². The van der Waals surface area contributed by atoms with Crippen LogP contribution in [-0.2, 0) is 6.61 Å². The van der Waals surface area contributed by atoms with Crippen LogP contribution in [0.3, 0.4) is 0 Å². The molecule has 3 aromatic rings. The topological polar surface area (TPSA) is 69.2 Å². The van der Waals surface area contributed by atoms with Gasteiger partial charge in [-0.25, -0.2) is 5.43 Å². The van der Waals surface area contributed by atoms with E-state index >= 15 is 0 Å². The minimum absolute atomic E-state index is 0.356. The van der Waals surface area contributed by atoms with E-state index in [2.05, 4.69) is 10.5 Å². The summed E-state index contributed by atoms with van der Waals surface area (Å²) >= 11 is 0. The molecular formula is C24H24N2O4. The molecule has 3 aromatic carbocycles. The van der Waals surface area contributed by atoms with Crippen LogP contribution in [0.4, 0.5) is 0 Å². The molecule has 0 bridgehead atoms. The lowest BCUT2D eigenvalue weighted by Gasteiger charge is -2.12. The highest BCUT2D eigenvalue weighted by Crippen LogP contribution is 2.25. The van der Waals surface area contributed by atoms with Crippen molar-refractivity contribution < 1.29 is 19.0 Å². The molecule has 0 saturated carbocycles. The highest BCUT2D eigenvalue weighted by atomic mass is 16.5. The fraction of sp³-hybridized carbons (Fsp3) is 0.167. The quantitative estimate of drug-likeness (QED) is 0.445. The van der Waals surface area contributed by atoms with Crippen molar-refractivity contribution in [1.82, 2.24) is 5.43 Å². The molecule has 0 spiro atoms. The number of amides is 1. The first-order valence-corrected chi connectivity index (χ1v) is 9.45. The number of nitrogens with zero attached hydrogens (tertiary/aromatic N) is 1. The number of ether oxygens (including phenoxy) is 3. The van der Waals surface area contributed by atoms with Crippen molar-refractivity contribution in [2.75, 3.05) is 14.2 Å². The van der Waals surface area contributed by atoms with Gasteiger partial charge in [-0.1, -0.05) is 42.5 Å². The average molecular weight is 404 g/mol. The number of hydrogen-bond acceptors (Lipinski definition) is 5. The fourth-order valence-corrected chi connectivity index (χ4v) is 2.87. The number of hydrazone groups is 1. The second-order valence-electron chi connectivity index (χ2n) is 6.47. The Morgan fingerprint density at radius 3 is 2.33 bits per heavy atom. The lowest BCUT2D eigenvalue weighted by atomic mass is 10.1. The third-order valence-corrected chi connectivity index (χ3v) is 4.49. The molecule has 0 aliphatic carbocycles. The van der Waals surface area contributed by atoms with Crippen LogP contribution in [0.15, 0.2) is 77.9 Å². The number of carbonyl (C=O) groups is 1. The molecule has 0 aromatic heterocycles. The van der Waals surface area contributed by atoms with Crippen LogP contribution in [0.5, 0.6) is 17.2 Å². The maximum Gasteiger partial charge on any atom is 0.275 e. The van der Waals surface area contributed by atoms with Gasteiger partial charge in [0.2, 0.25) is 0 Å². The van der Waals surface area contributed by atoms with Crippen molar-refractivity contribution in [1.29, 1.82) is 0 Å². The van der Waals surface area contributed by atoms with Crippen LogP contribution in [0.2, 0.25) is 0 Å². The molecule has 0 radical (unpaired) electrons. The normalized spacial score (nSPS) is 11.0. The van der Waals surface area contributed by atoms with E-state index in [1.807, 2.05) is 48.5 Å². The molecule has 0 fully saturated rings. The molecule has 154 valence electrons. The molecule has 3 rings (SSSR count).